The maximum absolute atomic E-state index is 11.0. The van der Waals surface area contributed by atoms with Crippen LogP contribution in [0.2, 0.25) is 0 Å². The Kier molecular flexibility index (Phi) is 4.75. The van der Waals surface area contributed by atoms with Crippen LogP contribution in [0.5, 0.6) is 5.75 Å². The van der Waals surface area contributed by atoms with Crippen LogP contribution in [0.3, 0.4) is 0 Å². The number of hydrazine groups is 1. The second-order valence-electron chi connectivity index (χ2n) is 4.37. The van der Waals surface area contributed by atoms with E-state index in [9.17, 15) is 4.79 Å². The molecule has 1 amide bonds. The molecule has 1 atom stereocenters. The van der Waals surface area contributed by atoms with E-state index in [2.05, 4.69) is 17.4 Å². The molecule has 1 saturated heterocycles. The van der Waals surface area contributed by atoms with Crippen LogP contribution in [0.25, 0.3) is 6.08 Å². The summed E-state index contributed by atoms with van der Waals surface area (Å²) in [6.07, 6.45) is 7.17. The van der Waals surface area contributed by atoms with Crippen LogP contribution in [0, 0.1) is 0 Å². The summed E-state index contributed by atoms with van der Waals surface area (Å²) in [5.41, 5.74) is 6.66. The Labute approximate surface area is 113 Å². The van der Waals surface area contributed by atoms with E-state index in [4.69, 9.17) is 4.74 Å². The molecular formula is C15H18N2O2. The molecule has 2 N–H and O–H groups in total. The van der Waals surface area contributed by atoms with E-state index < -0.39 is 0 Å². The van der Waals surface area contributed by atoms with Crippen molar-refractivity contribution in [1.29, 1.82) is 0 Å². The summed E-state index contributed by atoms with van der Waals surface area (Å²) in [5.74, 6) is 0.872. The second kappa shape index (κ2) is 6.75. The van der Waals surface area contributed by atoms with Crippen LogP contribution >= 0.6 is 0 Å². The lowest BCUT2D eigenvalue weighted by atomic mass is 10.1. The van der Waals surface area contributed by atoms with Crippen LogP contribution < -0.4 is 15.6 Å². The fourth-order valence-corrected chi connectivity index (χ4v) is 1.83. The van der Waals surface area contributed by atoms with Crippen molar-refractivity contribution < 1.29 is 9.53 Å². The van der Waals surface area contributed by atoms with Gasteiger partial charge in [0.1, 0.15) is 12.4 Å². The first-order valence-electron chi connectivity index (χ1n) is 6.34. The topological polar surface area (TPSA) is 50.4 Å². The quantitative estimate of drug-likeness (QED) is 0.795. The molecule has 4 heteroatoms. The minimum atomic E-state index is 0.0458. The molecule has 0 radical (unpaired) electrons. The Balaban J connectivity index is 1.94. The zero-order valence-corrected chi connectivity index (χ0v) is 10.8. The standard InChI is InChI=1S/C15H18N2O2/c1-2-10-19-14-5-3-4-12(11-14)6-7-13-8-9-15(18)17-16-13/h2-7,11,13,16H,1,8-10H2,(H,17,18)/b7-6+. The average molecular weight is 258 g/mol. The molecule has 1 unspecified atom stereocenters. The zero-order valence-electron chi connectivity index (χ0n) is 10.8. The fraction of sp³-hybridized carbons (Fsp3) is 0.267. The first-order valence-corrected chi connectivity index (χ1v) is 6.34. The Morgan fingerprint density at radius 3 is 3.11 bits per heavy atom. The predicted molar refractivity (Wildman–Crippen MR) is 75.5 cm³/mol. The summed E-state index contributed by atoms with van der Waals surface area (Å²) >= 11 is 0. The zero-order chi connectivity index (χ0) is 13.5. The summed E-state index contributed by atoms with van der Waals surface area (Å²) in [7, 11) is 0. The molecule has 1 heterocycles. The van der Waals surface area contributed by atoms with Crippen LogP contribution in [0.4, 0.5) is 0 Å². The third-order valence-electron chi connectivity index (χ3n) is 2.83. The van der Waals surface area contributed by atoms with Crippen molar-refractivity contribution in [2.24, 2.45) is 0 Å². The van der Waals surface area contributed by atoms with E-state index >= 15 is 0 Å². The Morgan fingerprint density at radius 1 is 1.47 bits per heavy atom. The highest BCUT2D eigenvalue weighted by Gasteiger charge is 2.14. The van der Waals surface area contributed by atoms with E-state index in [1.807, 2.05) is 36.4 Å². The number of hydrogen-bond acceptors (Lipinski definition) is 3. The van der Waals surface area contributed by atoms with Gasteiger partial charge in [0.15, 0.2) is 0 Å². The lowest BCUT2D eigenvalue weighted by Crippen LogP contribution is -2.48. The van der Waals surface area contributed by atoms with E-state index in [-0.39, 0.29) is 11.9 Å². The van der Waals surface area contributed by atoms with Gasteiger partial charge >= 0.3 is 0 Å². The summed E-state index contributed by atoms with van der Waals surface area (Å²) in [6, 6.07) is 8.03. The summed E-state index contributed by atoms with van der Waals surface area (Å²) in [5, 5.41) is 0. The van der Waals surface area contributed by atoms with Crippen LogP contribution in [0.1, 0.15) is 18.4 Å². The third kappa shape index (κ3) is 4.26. The molecular weight excluding hydrogens is 240 g/mol. The highest BCUT2D eigenvalue weighted by molar-refractivity contribution is 5.76. The average Bonchev–Trinajstić information content (AvgIpc) is 2.45. The molecule has 0 aliphatic carbocycles. The number of carbonyl (C=O) groups is 1. The highest BCUT2D eigenvalue weighted by atomic mass is 16.5. The molecule has 1 aromatic rings. The molecule has 0 aromatic heterocycles. The van der Waals surface area contributed by atoms with Gasteiger partial charge in [-0.05, 0) is 24.1 Å². The first-order chi connectivity index (χ1) is 9.28. The van der Waals surface area contributed by atoms with E-state index in [1.165, 1.54) is 0 Å². The molecule has 1 aromatic carbocycles. The maximum Gasteiger partial charge on any atom is 0.234 e. The maximum atomic E-state index is 11.0. The normalized spacial score (nSPS) is 19.2. The van der Waals surface area contributed by atoms with Crippen molar-refractivity contribution in [3.8, 4) is 5.75 Å². The summed E-state index contributed by atoms with van der Waals surface area (Å²) in [4.78, 5) is 11.0. The van der Waals surface area contributed by atoms with Crippen LogP contribution in [-0.4, -0.2) is 18.6 Å². The molecule has 100 valence electrons. The Hall–Kier alpha value is -2.07. The van der Waals surface area contributed by atoms with Crippen molar-refractivity contribution in [1.82, 2.24) is 10.9 Å². The number of amides is 1. The van der Waals surface area contributed by atoms with Gasteiger partial charge in [-0.1, -0.05) is 36.9 Å². The van der Waals surface area contributed by atoms with Crippen LogP contribution in [-0.2, 0) is 4.79 Å². The van der Waals surface area contributed by atoms with Crippen molar-refractivity contribution in [2.75, 3.05) is 6.61 Å². The van der Waals surface area contributed by atoms with Crippen LogP contribution in [0.15, 0.2) is 43.0 Å². The fourth-order valence-electron chi connectivity index (χ4n) is 1.83. The highest BCUT2D eigenvalue weighted by Crippen LogP contribution is 2.15. The molecule has 1 aliphatic rings. The molecule has 1 fully saturated rings. The van der Waals surface area contributed by atoms with Gasteiger partial charge in [0.25, 0.3) is 0 Å². The third-order valence-corrected chi connectivity index (χ3v) is 2.83. The van der Waals surface area contributed by atoms with Gasteiger partial charge in [0, 0.05) is 12.5 Å². The van der Waals surface area contributed by atoms with Gasteiger partial charge in [-0.15, -0.1) is 0 Å². The summed E-state index contributed by atoms with van der Waals surface area (Å²) in [6.45, 7) is 4.12. The molecule has 19 heavy (non-hydrogen) atoms. The SMILES string of the molecule is C=CCOc1cccc(/C=C/C2CCC(=O)NN2)c1. The van der Waals surface area contributed by atoms with Gasteiger partial charge in [0.05, 0.1) is 0 Å². The van der Waals surface area contributed by atoms with Crippen molar-refractivity contribution in [2.45, 2.75) is 18.9 Å². The van der Waals surface area contributed by atoms with Gasteiger partial charge in [-0.25, -0.2) is 5.43 Å². The van der Waals surface area contributed by atoms with Gasteiger partial charge < -0.3 is 4.74 Å². The summed E-state index contributed by atoms with van der Waals surface area (Å²) < 4.78 is 5.48. The predicted octanol–water partition coefficient (Wildman–Crippen LogP) is 2.05. The van der Waals surface area contributed by atoms with E-state index in [0.717, 1.165) is 17.7 Å². The smallest absolute Gasteiger partial charge is 0.234 e. The number of ether oxygens (including phenoxy) is 1. The van der Waals surface area contributed by atoms with Crippen molar-refractivity contribution in [3.05, 3.63) is 48.6 Å². The van der Waals surface area contributed by atoms with E-state index in [1.54, 1.807) is 6.08 Å². The van der Waals surface area contributed by atoms with Gasteiger partial charge in [-0.2, -0.15) is 0 Å². The van der Waals surface area contributed by atoms with Gasteiger partial charge in [0.2, 0.25) is 5.91 Å². The number of nitrogens with one attached hydrogen (secondary N) is 2. The monoisotopic (exact) mass is 258 g/mol. The largest absolute Gasteiger partial charge is 0.490 e. The molecule has 0 saturated carbocycles. The van der Waals surface area contributed by atoms with Crippen molar-refractivity contribution in [3.63, 3.8) is 0 Å². The van der Waals surface area contributed by atoms with Crippen molar-refractivity contribution >= 4 is 12.0 Å². The Bertz CT molecular complexity index is 473. The lowest BCUT2D eigenvalue weighted by molar-refractivity contribution is -0.123. The number of rotatable bonds is 5. The lowest BCUT2D eigenvalue weighted by Gasteiger charge is -2.20. The molecule has 4 nitrogen and oxygen atoms in total. The minimum Gasteiger partial charge on any atom is -0.490 e. The second-order valence-corrected chi connectivity index (χ2v) is 4.37. The number of hydrogen-bond donors (Lipinski definition) is 2. The first kappa shape index (κ1) is 13.4. The number of benzene rings is 1. The molecule has 0 spiro atoms. The molecule has 2 rings (SSSR count). The Morgan fingerprint density at radius 2 is 2.37 bits per heavy atom. The number of carbonyl (C=O) groups excluding carboxylic acids is 1. The van der Waals surface area contributed by atoms with Gasteiger partial charge in [-0.3, -0.25) is 10.2 Å². The minimum absolute atomic E-state index is 0.0458. The molecule has 0 bridgehead atoms. The molecule has 1 aliphatic heterocycles. The van der Waals surface area contributed by atoms with E-state index in [0.29, 0.717) is 13.0 Å².